The molecule has 0 fully saturated rings. The lowest BCUT2D eigenvalue weighted by molar-refractivity contribution is 0.291. The Labute approximate surface area is 76.8 Å². The topological polar surface area (TPSA) is 3.24 Å². The number of allylic oxidation sites excluding steroid dienone is 1. The van der Waals surface area contributed by atoms with Gasteiger partial charge in [0.05, 0.1) is 0 Å². The van der Waals surface area contributed by atoms with Gasteiger partial charge in [-0.15, -0.1) is 13.2 Å². The van der Waals surface area contributed by atoms with Gasteiger partial charge in [0.15, 0.2) is 0 Å². The Balaban J connectivity index is 3.38. The van der Waals surface area contributed by atoms with Crippen LogP contribution in [-0.2, 0) is 0 Å². The van der Waals surface area contributed by atoms with Crippen molar-refractivity contribution in [3.8, 4) is 0 Å². The van der Waals surface area contributed by atoms with Crippen LogP contribution in [0.5, 0.6) is 0 Å². The smallest absolute Gasteiger partial charge is 0.00157 e. The van der Waals surface area contributed by atoms with E-state index in [1.165, 1.54) is 13.0 Å². The maximum absolute atomic E-state index is 3.72. The first-order chi connectivity index (χ1) is 5.85. The molecule has 0 N–H and O–H groups in total. The predicted octanol–water partition coefficient (Wildman–Crippen LogP) is 2.85. The van der Waals surface area contributed by atoms with E-state index in [2.05, 4.69) is 25.0 Å². The molecule has 0 aliphatic carbocycles. The van der Waals surface area contributed by atoms with Crippen molar-refractivity contribution in [1.82, 2.24) is 4.90 Å². The highest BCUT2D eigenvalue weighted by molar-refractivity contribution is 4.71. The number of unbranched alkanes of at least 4 members (excludes halogenated alkanes) is 1. The quantitative estimate of drug-likeness (QED) is 0.397. The van der Waals surface area contributed by atoms with Crippen LogP contribution in [0.3, 0.4) is 0 Å². The second kappa shape index (κ2) is 8.54. The molecular weight excluding hydrogens is 146 g/mol. The highest BCUT2D eigenvalue weighted by Gasteiger charge is 1.98. The minimum Gasteiger partial charge on any atom is -0.303 e. The summed E-state index contributed by atoms with van der Waals surface area (Å²) >= 11 is 0. The first-order valence-electron chi connectivity index (χ1n) is 4.79. The van der Waals surface area contributed by atoms with E-state index in [4.69, 9.17) is 0 Å². The van der Waals surface area contributed by atoms with Crippen LogP contribution in [0.1, 0.15) is 26.2 Å². The van der Waals surface area contributed by atoms with E-state index in [9.17, 15) is 0 Å². The molecule has 0 aliphatic heterocycles. The molecule has 0 amide bonds. The number of rotatable bonds is 8. The Morgan fingerprint density at radius 1 is 1.08 bits per heavy atom. The fraction of sp³-hybridized carbons (Fsp3) is 0.636. The highest BCUT2D eigenvalue weighted by Crippen LogP contribution is 1.97. The molecule has 70 valence electrons. The standard InChI is InChI=1S/C11H21N/c1-4-7-9-11-12(6-3)10-8-5-2/h4-5H,1-2,6-11H2,3H3. The Morgan fingerprint density at radius 2 is 1.75 bits per heavy atom. The molecule has 0 saturated carbocycles. The van der Waals surface area contributed by atoms with Gasteiger partial charge in [0.2, 0.25) is 0 Å². The van der Waals surface area contributed by atoms with Crippen molar-refractivity contribution < 1.29 is 0 Å². The second-order valence-corrected chi connectivity index (χ2v) is 2.94. The SMILES string of the molecule is C=CCCCN(CC)CCC=C. The van der Waals surface area contributed by atoms with Crippen LogP contribution in [0.2, 0.25) is 0 Å². The van der Waals surface area contributed by atoms with Crippen LogP contribution >= 0.6 is 0 Å². The minimum atomic E-state index is 1.10. The summed E-state index contributed by atoms with van der Waals surface area (Å²) in [6.45, 7) is 13.1. The van der Waals surface area contributed by atoms with E-state index < -0.39 is 0 Å². The fourth-order valence-corrected chi connectivity index (χ4v) is 1.16. The highest BCUT2D eigenvalue weighted by atomic mass is 15.1. The Morgan fingerprint density at radius 3 is 2.25 bits per heavy atom. The van der Waals surface area contributed by atoms with Gasteiger partial charge in [-0.3, -0.25) is 0 Å². The van der Waals surface area contributed by atoms with E-state index in [0.29, 0.717) is 0 Å². The van der Waals surface area contributed by atoms with Crippen molar-refractivity contribution in [3.05, 3.63) is 25.3 Å². The van der Waals surface area contributed by atoms with Gasteiger partial charge in [-0.05, 0) is 32.4 Å². The Kier molecular flexibility index (Phi) is 8.14. The average molecular weight is 167 g/mol. The maximum Gasteiger partial charge on any atom is 0.00157 e. The third kappa shape index (κ3) is 6.17. The molecule has 1 nitrogen and oxygen atoms in total. The molecular formula is C11H21N. The maximum atomic E-state index is 3.72. The van der Waals surface area contributed by atoms with E-state index in [0.717, 1.165) is 25.9 Å². The summed E-state index contributed by atoms with van der Waals surface area (Å²) in [4.78, 5) is 2.45. The second-order valence-electron chi connectivity index (χ2n) is 2.94. The third-order valence-electron chi connectivity index (χ3n) is 1.98. The van der Waals surface area contributed by atoms with Gasteiger partial charge in [0.25, 0.3) is 0 Å². The molecule has 0 unspecified atom stereocenters. The molecule has 0 radical (unpaired) electrons. The van der Waals surface area contributed by atoms with E-state index in [-0.39, 0.29) is 0 Å². The van der Waals surface area contributed by atoms with Crippen LogP contribution in [0.25, 0.3) is 0 Å². The van der Waals surface area contributed by atoms with Gasteiger partial charge in [0, 0.05) is 6.54 Å². The molecule has 0 spiro atoms. The molecule has 0 aromatic heterocycles. The normalized spacial score (nSPS) is 10.2. The van der Waals surface area contributed by atoms with Crippen molar-refractivity contribution in [2.75, 3.05) is 19.6 Å². The minimum absolute atomic E-state index is 1.10. The van der Waals surface area contributed by atoms with Crippen molar-refractivity contribution in [2.24, 2.45) is 0 Å². The predicted molar refractivity (Wildman–Crippen MR) is 56.4 cm³/mol. The fourth-order valence-electron chi connectivity index (χ4n) is 1.16. The van der Waals surface area contributed by atoms with Crippen molar-refractivity contribution in [1.29, 1.82) is 0 Å². The van der Waals surface area contributed by atoms with Crippen molar-refractivity contribution >= 4 is 0 Å². The summed E-state index contributed by atoms with van der Waals surface area (Å²) in [5.74, 6) is 0. The van der Waals surface area contributed by atoms with E-state index in [1.807, 2.05) is 12.2 Å². The number of hydrogen-bond donors (Lipinski definition) is 0. The molecule has 0 rings (SSSR count). The Hall–Kier alpha value is -0.560. The van der Waals surface area contributed by atoms with Gasteiger partial charge >= 0.3 is 0 Å². The van der Waals surface area contributed by atoms with Gasteiger partial charge in [-0.25, -0.2) is 0 Å². The molecule has 0 saturated heterocycles. The summed E-state index contributed by atoms with van der Waals surface area (Å²) in [6, 6.07) is 0. The van der Waals surface area contributed by atoms with Gasteiger partial charge in [0.1, 0.15) is 0 Å². The molecule has 0 aromatic rings. The molecule has 0 aromatic carbocycles. The van der Waals surface area contributed by atoms with Crippen LogP contribution in [0.15, 0.2) is 25.3 Å². The molecule has 0 atom stereocenters. The van der Waals surface area contributed by atoms with Crippen LogP contribution in [-0.4, -0.2) is 24.5 Å². The van der Waals surface area contributed by atoms with E-state index >= 15 is 0 Å². The lowest BCUT2D eigenvalue weighted by Crippen LogP contribution is -2.25. The van der Waals surface area contributed by atoms with Crippen LogP contribution in [0, 0.1) is 0 Å². The zero-order valence-electron chi connectivity index (χ0n) is 8.26. The zero-order chi connectivity index (χ0) is 9.23. The number of nitrogens with zero attached hydrogens (tertiary/aromatic N) is 1. The van der Waals surface area contributed by atoms with Gasteiger partial charge in [-0.2, -0.15) is 0 Å². The van der Waals surface area contributed by atoms with Crippen LogP contribution in [0.4, 0.5) is 0 Å². The monoisotopic (exact) mass is 167 g/mol. The summed E-state index contributed by atoms with van der Waals surface area (Å²) in [5.41, 5.74) is 0. The summed E-state index contributed by atoms with van der Waals surface area (Å²) in [7, 11) is 0. The summed E-state index contributed by atoms with van der Waals surface area (Å²) in [6.07, 6.45) is 7.43. The Bertz CT molecular complexity index is 118. The van der Waals surface area contributed by atoms with Crippen molar-refractivity contribution in [3.63, 3.8) is 0 Å². The average Bonchev–Trinajstić information content (AvgIpc) is 2.11. The molecule has 1 heteroatoms. The first-order valence-corrected chi connectivity index (χ1v) is 4.79. The number of hydrogen-bond acceptors (Lipinski definition) is 1. The lowest BCUT2D eigenvalue weighted by Gasteiger charge is -2.18. The third-order valence-corrected chi connectivity index (χ3v) is 1.98. The largest absolute Gasteiger partial charge is 0.303 e. The molecule has 0 bridgehead atoms. The van der Waals surface area contributed by atoms with Gasteiger partial charge in [-0.1, -0.05) is 19.1 Å². The van der Waals surface area contributed by atoms with Gasteiger partial charge < -0.3 is 4.90 Å². The van der Waals surface area contributed by atoms with E-state index in [1.54, 1.807) is 0 Å². The summed E-state index contributed by atoms with van der Waals surface area (Å²) in [5, 5.41) is 0. The first kappa shape index (κ1) is 11.4. The zero-order valence-corrected chi connectivity index (χ0v) is 8.26. The van der Waals surface area contributed by atoms with Crippen LogP contribution < -0.4 is 0 Å². The lowest BCUT2D eigenvalue weighted by atomic mass is 10.2. The molecule has 12 heavy (non-hydrogen) atoms. The summed E-state index contributed by atoms with van der Waals surface area (Å²) < 4.78 is 0. The molecule has 0 heterocycles. The molecule has 0 aliphatic rings. The van der Waals surface area contributed by atoms with Crippen molar-refractivity contribution in [2.45, 2.75) is 26.2 Å².